The third kappa shape index (κ3) is 4.78. The van der Waals surface area contributed by atoms with Crippen molar-refractivity contribution in [1.82, 2.24) is 20.2 Å². The molecule has 0 aliphatic heterocycles. The Morgan fingerprint density at radius 2 is 1.81 bits per heavy atom. The molecule has 2 N–H and O–H groups in total. The Bertz CT molecular complexity index is 906. The third-order valence-corrected chi connectivity index (χ3v) is 4.09. The van der Waals surface area contributed by atoms with Crippen molar-refractivity contribution in [3.05, 3.63) is 84.2 Å². The Hall–Kier alpha value is -3.48. The summed E-state index contributed by atoms with van der Waals surface area (Å²) in [6.45, 7) is 1.71. The topological polar surface area (TPSA) is 76.0 Å². The fraction of sp³-hybridized carbons (Fsp3) is 0.150. The third-order valence-electron chi connectivity index (χ3n) is 4.09. The average molecular weight is 366 g/mol. The molecule has 0 saturated carbocycles. The van der Waals surface area contributed by atoms with Gasteiger partial charge in [-0.15, -0.1) is 0 Å². The summed E-state index contributed by atoms with van der Waals surface area (Å²) in [5.41, 5.74) is 2.21. The summed E-state index contributed by atoms with van der Waals surface area (Å²) in [6.07, 6.45) is 5.27. The first-order valence-corrected chi connectivity index (χ1v) is 8.44. The van der Waals surface area contributed by atoms with Crippen LogP contribution >= 0.6 is 0 Å². The zero-order valence-electron chi connectivity index (χ0n) is 14.7. The van der Waals surface area contributed by atoms with Crippen LogP contribution in [0.15, 0.2) is 67.3 Å². The van der Waals surface area contributed by atoms with Gasteiger partial charge in [0, 0.05) is 23.6 Å². The van der Waals surface area contributed by atoms with Crippen LogP contribution in [0.5, 0.6) is 0 Å². The number of imidazole rings is 1. The van der Waals surface area contributed by atoms with Gasteiger partial charge in [0.05, 0.1) is 18.9 Å². The lowest BCUT2D eigenvalue weighted by molar-refractivity contribution is -0.120. The molecule has 27 heavy (non-hydrogen) atoms. The van der Waals surface area contributed by atoms with E-state index in [4.69, 9.17) is 0 Å². The van der Waals surface area contributed by atoms with Crippen molar-refractivity contribution in [1.29, 1.82) is 0 Å². The van der Waals surface area contributed by atoms with E-state index in [0.717, 1.165) is 11.3 Å². The molecular weight excluding hydrogens is 347 g/mol. The highest BCUT2D eigenvalue weighted by Gasteiger charge is 2.12. The maximum absolute atomic E-state index is 12.9. The highest BCUT2D eigenvalue weighted by molar-refractivity contribution is 5.96. The van der Waals surface area contributed by atoms with Crippen LogP contribution < -0.4 is 10.6 Å². The molecule has 1 aromatic heterocycles. The number of nitrogens with one attached hydrogen (secondary N) is 2. The second kappa shape index (κ2) is 8.27. The molecule has 1 unspecified atom stereocenters. The average Bonchev–Trinajstić information content (AvgIpc) is 3.21. The summed E-state index contributed by atoms with van der Waals surface area (Å²) >= 11 is 0. The van der Waals surface area contributed by atoms with Gasteiger partial charge >= 0.3 is 0 Å². The lowest BCUT2D eigenvalue weighted by Gasteiger charge is -2.15. The molecule has 0 fully saturated rings. The number of aromatic nitrogens is 2. The lowest BCUT2D eigenvalue weighted by atomic mass is 10.1. The monoisotopic (exact) mass is 366 g/mol. The predicted octanol–water partition coefficient (Wildman–Crippen LogP) is 2.62. The van der Waals surface area contributed by atoms with Crippen LogP contribution in [0.4, 0.5) is 4.39 Å². The van der Waals surface area contributed by atoms with Gasteiger partial charge in [0.1, 0.15) is 5.82 Å². The van der Waals surface area contributed by atoms with Gasteiger partial charge in [-0.1, -0.05) is 12.1 Å². The molecule has 3 rings (SSSR count). The maximum atomic E-state index is 12.9. The smallest absolute Gasteiger partial charge is 0.251 e. The number of benzene rings is 2. The minimum Gasteiger partial charge on any atom is -0.348 e. The second-order valence-electron chi connectivity index (χ2n) is 6.04. The van der Waals surface area contributed by atoms with Crippen LogP contribution in [-0.4, -0.2) is 27.9 Å². The van der Waals surface area contributed by atoms with Crippen molar-refractivity contribution in [2.75, 3.05) is 6.54 Å². The first kappa shape index (κ1) is 18.3. The Kier molecular flexibility index (Phi) is 5.61. The fourth-order valence-electron chi connectivity index (χ4n) is 2.59. The molecule has 0 aliphatic rings. The summed E-state index contributed by atoms with van der Waals surface area (Å²) in [4.78, 5) is 28.0. The van der Waals surface area contributed by atoms with Crippen molar-refractivity contribution in [3.63, 3.8) is 0 Å². The number of carbonyl (C=O) groups is 2. The molecule has 3 aromatic rings. The Balaban J connectivity index is 1.51. The molecular formula is C20H19FN4O2. The first-order chi connectivity index (χ1) is 13.0. The van der Waals surface area contributed by atoms with Gasteiger partial charge in [-0.2, -0.15) is 0 Å². The van der Waals surface area contributed by atoms with E-state index in [2.05, 4.69) is 15.6 Å². The van der Waals surface area contributed by atoms with E-state index in [9.17, 15) is 14.0 Å². The highest BCUT2D eigenvalue weighted by Crippen LogP contribution is 2.15. The number of rotatable bonds is 6. The van der Waals surface area contributed by atoms with Crippen LogP contribution in [0.25, 0.3) is 5.69 Å². The van der Waals surface area contributed by atoms with E-state index >= 15 is 0 Å². The minimum absolute atomic E-state index is 0.159. The molecule has 1 atom stereocenters. The number of amides is 2. The van der Waals surface area contributed by atoms with Gasteiger partial charge in [0.25, 0.3) is 5.91 Å². The van der Waals surface area contributed by atoms with Gasteiger partial charge in [-0.05, 0) is 48.9 Å². The van der Waals surface area contributed by atoms with E-state index in [0.29, 0.717) is 5.56 Å². The van der Waals surface area contributed by atoms with Crippen molar-refractivity contribution >= 4 is 11.8 Å². The zero-order chi connectivity index (χ0) is 19.2. The molecule has 6 nitrogen and oxygen atoms in total. The molecule has 0 spiro atoms. The Labute approximate surface area is 156 Å². The standard InChI is InChI=1S/C20H19FN4O2/c1-14(15-4-8-18(9-5-15)25-11-10-22-13-25)24-19(26)12-23-20(27)16-2-6-17(21)7-3-16/h2-11,13-14H,12H2,1H3,(H,23,27)(H,24,26). The largest absolute Gasteiger partial charge is 0.348 e. The lowest BCUT2D eigenvalue weighted by Crippen LogP contribution is -2.38. The molecule has 0 aliphatic carbocycles. The van der Waals surface area contributed by atoms with Crippen molar-refractivity contribution in [2.24, 2.45) is 0 Å². The first-order valence-electron chi connectivity index (χ1n) is 8.44. The van der Waals surface area contributed by atoms with Crippen LogP contribution in [-0.2, 0) is 4.79 Å². The number of hydrogen-bond donors (Lipinski definition) is 2. The molecule has 0 bridgehead atoms. The molecule has 1 heterocycles. The summed E-state index contributed by atoms with van der Waals surface area (Å²) in [5, 5.41) is 5.35. The summed E-state index contributed by atoms with van der Waals surface area (Å²) in [6, 6.07) is 12.7. The van der Waals surface area contributed by atoms with Crippen molar-refractivity contribution < 1.29 is 14.0 Å². The molecule has 2 aromatic carbocycles. The van der Waals surface area contributed by atoms with Gasteiger partial charge in [-0.3, -0.25) is 9.59 Å². The Morgan fingerprint density at radius 3 is 2.44 bits per heavy atom. The maximum Gasteiger partial charge on any atom is 0.251 e. The SMILES string of the molecule is CC(NC(=O)CNC(=O)c1ccc(F)cc1)c1ccc(-n2ccnc2)cc1. The van der Waals surface area contributed by atoms with Crippen LogP contribution in [0.1, 0.15) is 28.9 Å². The summed E-state index contributed by atoms with van der Waals surface area (Å²) in [7, 11) is 0. The number of nitrogens with zero attached hydrogens (tertiary/aromatic N) is 2. The number of hydrogen-bond acceptors (Lipinski definition) is 3. The van der Waals surface area contributed by atoms with Gasteiger partial charge in [0.2, 0.25) is 5.91 Å². The van der Waals surface area contributed by atoms with Gasteiger partial charge in [-0.25, -0.2) is 9.37 Å². The van der Waals surface area contributed by atoms with E-state index in [1.54, 1.807) is 12.5 Å². The summed E-state index contributed by atoms with van der Waals surface area (Å²) < 4.78 is 14.8. The van der Waals surface area contributed by atoms with Gasteiger partial charge in [0.15, 0.2) is 0 Å². The van der Waals surface area contributed by atoms with E-state index < -0.39 is 11.7 Å². The van der Waals surface area contributed by atoms with Crippen LogP contribution in [0.3, 0.4) is 0 Å². The number of carbonyl (C=O) groups excluding carboxylic acids is 2. The normalized spacial score (nSPS) is 11.6. The van der Waals surface area contributed by atoms with E-state index in [1.165, 1.54) is 24.3 Å². The molecule has 0 radical (unpaired) electrons. The quantitative estimate of drug-likeness (QED) is 0.704. The van der Waals surface area contributed by atoms with Crippen LogP contribution in [0, 0.1) is 5.82 Å². The molecule has 7 heteroatoms. The van der Waals surface area contributed by atoms with Crippen molar-refractivity contribution in [3.8, 4) is 5.69 Å². The molecule has 0 saturated heterocycles. The Morgan fingerprint density at radius 1 is 1.11 bits per heavy atom. The number of halogens is 1. The highest BCUT2D eigenvalue weighted by atomic mass is 19.1. The van der Waals surface area contributed by atoms with E-state index in [1.807, 2.05) is 42.0 Å². The second-order valence-corrected chi connectivity index (χ2v) is 6.04. The molecule has 138 valence electrons. The van der Waals surface area contributed by atoms with E-state index in [-0.39, 0.29) is 18.5 Å². The summed E-state index contributed by atoms with van der Waals surface area (Å²) in [5.74, 6) is -1.16. The minimum atomic E-state index is -0.428. The predicted molar refractivity (Wildman–Crippen MR) is 98.9 cm³/mol. The van der Waals surface area contributed by atoms with Crippen molar-refractivity contribution in [2.45, 2.75) is 13.0 Å². The molecule has 2 amide bonds. The van der Waals surface area contributed by atoms with Crippen LogP contribution in [0.2, 0.25) is 0 Å². The van der Waals surface area contributed by atoms with Gasteiger partial charge < -0.3 is 15.2 Å². The zero-order valence-corrected chi connectivity index (χ0v) is 14.7. The fourth-order valence-corrected chi connectivity index (χ4v) is 2.59.